The van der Waals surface area contributed by atoms with Crippen LogP contribution >= 0.6 is 23.4 Å². The lowest BCUT2D eigenvalue weighted by atomic mass is 10.2. The molecule has 1 N–H and O–H groups in total. The van der Waals surface area contributed by atoms with Crippen LogP contribution in [0.2, 0.25) is 5.02 Å². The zero-order chi connectivity index (χ0) is 21.4. The Hall–Kier alpha value is -2.84. The van der Waals surface area contributed by atoms with Crippen molar-refractivity contribution in [1.29, 1.82) is 0 Å². The summed E-state index contributed by atoms with van der Waals surface area (Å²) < 4.78 is 8.02. The van der Waals surface area contributed by atoms with Gasteiger partial charge in [-0.1, -0.05) is 47.6 Å². The number of aromatic nitrogens is 5. The molecule has 0 saturated heterocycles. The van der Waals surface area contributed by atoms with E-state index in [0.29, 0.717) is 33.5 Å². The molecule has 158 valence electrons. The van der Waals surface area contributed by atoms with E-state index in [4.69, 9.17) is 16.3 Å². The first-order valence-corrected chi connectivity index (χ1v) is 11.3. The molecule has 0 bridgehead atoms. The second-order valence-electron chi connectivity index (χ2n) is 7.45. The predicted octanol–water partition coefficient (Wildman–Crippen LogP) is 4.94. The van der Waals surface area contributed by atoms with Crippen molar-refractivity contribution in [3.63, 3.8) is 0 Å². The van der Waals surface area contributed by atoms with Crippen molar-refractivity contribution in [3.8, 4) is 5.75 Å². The Bertz CT molecular complexity index is 1300. The van der Waals surface area contributed by atoms with E-state index < -0.39 is 0 Å². The van der Waals surface area contributed by atoms with E-state index in [9.17, 15) is 4.79 Å². The first kappa shape index (κ1) is 20.1. The minimum Gasteiger partial charge on any atom is -0.484 e. The number of aromatic amines is 1. The molecule has 2 aromatic carbocycles. The highest BCUT2D eigenvalue weighted by atomic mass is 35.5. The van der Waals surface area contributed by atoms with Gasteiger partial charge in [0.25, 0.3) is 5.56 Å². The van der Waals surface area contributed by atoms with E-state index in [0.717, 1.165) is 23.8 Å². The number of hydrogen-bond donors (Lipinski definition) is 1. The van der Waals surface area contributed by atoms with Crippen LogP contribution in [0.5, 0.6) is 5.75 Å². The Morgan fingerprint density at radius 3 is 2.77 bits per heavy atom. The topological polar surface area (TPSA) is 85.7 Å². The summed E-state index contributed by atoms with van der Waals surface area (Å²) >= 11 is 7.72. The Morgan fingerprint density at radius 1 is 1.19 bits per heavy atom. The fourth-order valence-electron chi connectivity index (χ4n) is 3.40. The summed E-state index contributed by atoms with van der Waals surface area (Å²) in [5.74, 6) is 2.00. The molecule has 0 amide bonds. The Morgan fingerprint density at radius 2 is 1.97 bits per heavy atom. The van der Waals surface area contributed by atoms with Crippen molar-refractivity contribution >= 4 is 34.3 Å². The van der Waals surface area contributed by atoms with Crippen LogP contribution in [0.15, 0.2) is 58.5 Å². The van der Waals surface area contributed by atoms with Gasteiger partial charge in [-0.05, 0) is 44.0 Å². The van der Waals surface area contributed by atoms with Gasteiger partial charge in [0.15, 0.2) is 11.0 Å². The third kappa shape index (κ3) is 4.18. The molecule has 9 heteroatoms. The average Bonchev–Trinajstić information content (AvgIpc) is 3.54. The summed E-state index contributed by atoms with van der Waals surface area (Å²) in [6.07, 6.45) is 2.17. The van der Waals surface area contributed by atoms with E-state index >= 15 is 0 Å². The molecular weight excluding hydrogens is 434 g/mol. The molecule has 1 atom stereocenters. The predicted molar refractivity (Wildman–Crippen MR) is 121 cm³/mol. The van der Waals surface area contributed by atoms with E-state index in [-0.39, 0.29) is 17.4 Å². The first-order chi connectivity index (χ1) is 15.1. The van der Waals surface area contributed by atoms with Gasteiger partial charge in [0.1, 0.15) is 18.2 Å². The van der Waals surface area contributed by atoms with Crippen LogP contribution in [0.1, 0.15) is 42.7 Å². The average molecular weight is 454 g/mol. The molecule has 1 saturated carbocycles. The third-order valence-corrected chi connectivity index (χ3v) is 6.52. The van der Waals surface area contributed by atoms with Gasteiger partial charge in [-0.3, -0.25) is 9.36 Å². The maximum absolute atomic E-state index is 12.4. The zero-order valence-electron chi connectivity index (χ0n) is 16.8. The molecular formula is C22H20ClN5O2S. The number of thioether (sulfide) groups is 1. The fraction of sp³-hybridized carbons (Fsp3) is 0.273. The van der Waals surface area contributed by atoms with E-state index in [1.165, 1.54) is 11.8 Å². The number of nitrogens with zero attached hydrogens (tertiary/aromatic N) is 4. The van der Waals surface area contributed by atoms with Crippen LogP contribution in [0.4, 0.5) is 0 Å². The number of hydrogen-bond acceptors (Lipinski definition) is 6. The lowest BCUT2D eigenvalue weighted by molar-refractivity contribution is 0.288. The highest BCUT2D eigenvalue weighted by Crippen LogP contribution is 2.41. The van der Waals surface area contributed by atoms with Crippen LogP contribution in [0.25, 0.3) is 10.9 Å². The van der Waals surface area contributed by atoms with Gasteiger partial charge < -0.3 is 9.72 Å². The number of fused-ring (bicyclic) bond motifs is 1. The van der Waals surface area contributed by atoms with Crippen LogP contribution in [-0.2, 0) is 6.61 Å². The summed E-state index contributed by atoms with van der Waals surface area (Å²) in [7, 11) is 0. The monoisotopic (exact) mass is 453 g/mol. The minimum absolute atomic E-state index is 0.101. The summed E-state index contributed by atoms with van der Waals surface area (Å²) in [4.78, 5) is 20.0. The SMILES string of the molecule is CC(Sc1nnc(COc2ccccc2Cl)n1C1CC1)c1nc2ccccc2c(=O)[nH]1. The molecule has 1 aliphatic carbocycles. The van der Waals surface area contributed by atoms with Crippen molar-refractivity contribution in [2.24, 2.45) is 0 Å². The molecule has 7 nitrogen and oxygen atoms in total. The van der Waals surface area contributed by atoms with Crippen molar-refractivity contribution in [2.45, 2.75) is 42.8 Å². The van der Waals surface area contributed by atoms with Gasteiger partial charge in [0, 0.05) is 6.04 Å². The molecule has 0 radical (unpaired) electrons. The maximum Gasteiger partial charge on any atom is 0.258 e. The lowest BCUT2D eigenvalue weighted by Gasteiger charge is -2.13. The van der Waals surface area contributed by atoms with Gasteiger partial charge >= 0.3 is 0 Å². The quantitative estimate of drug-likeness (QED) is 0.399. The van der Waals surface area contributed by atoms with Crippen LogP contribution in [0, 0.1) is 0 Å². The fourth-order valence-corrected chi connectivity index (χ4v) is 4.59. The highest BCUT2D eigenvalue weighted by Gasteiger charge is 2.31. The molecule has 1 unspecified atom stereocenters. The highest BCUT2D eigenvalue weighted by molar-refractivity contribution is 7.99. The first-order valence-electron chi connectivity index (χ1n) is 10.1. The third-order valence-electron chi connectivity index (χ3n) is 5.14. The number of benzene rings is 2. The summed E-state index contributed by atoms with van der Waals surface area (Å²) in [6, 6.07) is 15.1. The number of H-pyrrole nitrogens is 1. The summed E-state index contributed by atoms with van der Waals surface area (Å²) in [5.41, 5.74) is 0.553. The largest absolute Gasteiger partial charge is 0.484 e. The summed E-state index contributed by atoms with van der Waals surface area (Å²) in [6.45, 7) is 2.29. The number of ether oxygens (including phenoxy) is 1. The second kappa shape index (κ2) is 8.36. The lowest BCUT2D eigenvalue weighted by Crippen LogP contribution is -2.13. The van der Waals surface area contributed by atoms with E-state index in [1.807, 2.05) is 43.3 Å². The smallest absolute Gasteiger partial charge is 0.258 e. The minimum atomic E-state index is -0.134. The summed E-state index contributed by atoms with van der Waals surface area (Å²) in [5, 5.41) is 10.6. The molecule has 0 aliphatic heterocycles. The van der Waals surface area contributed by atoms with E-state index in [1.54, 1.807) is 12.1 Å². The van der Waals surface area contributed by atoms with Gasteiger partial charge in [-0.15, -0.1) is 10.2 Å². The number of rotatable bonds is 7. The number of para-hydroxylation sites is 2. The Kier molecular flexibility index (Phi) is 5.41. The molecule has 1 aliphatic rings. The van der Waals surface area contributed by atoms with Crippen molar-refractivity contribution in [2.75, 3.05) is 0 Å². The maximum atomic E-state index is 12.4. The number of halogens is 1. The number of nitrogens with one attached hydrogen (secondary N) is 1. The normalized spacial score (nSPS) is 14.6. The van der Waals surface area contributed by atoms with Gasteiger partial charge in [-0.25, -0.2) is 4.98 Å². The zero-order valence-corrected chi connectivity index (χ0v) is 18.4. The van der Waals surface area contributed by atoms with Crippen LogP contribution in [0.3, 0.4) is 0 Å². The second-order valence-corrected chi connectivity index (χ2v) is 9.16. The van der Waals surface area contributed by atoms with Crippen LogP contribution < -0.4 is 10.3 Å². The van der Waals surface area contributed by atoms with Gasteiger partial charge in [0.2, 0.25) is 0 Å². The molecule has 4 aromatic rings. The van der Waals surface area contributed by atoms with Gasteiger partial charge in [0.05, 0.1) is 21.2 Å². The molecule has 5 rings (SSSR count). The molecule has 1 fully saturated rings. The van der Waals surface area contributed by atoms with Crippen molar-refractivity contribution < 1.29 is 4.74 Å². The Labute approximate surface area is 187 Å². The Balaban J connectivity index is 1.38. The molecule has 2 heterocycles. The van der Waals surface area contributed by atoms with Crippen LogP contribution in [-0.4, -0.2) is 24.7 Å². The van der Waals surface area contributed by atoms with E-state index in [2.05, 4.69) is 24.7 Å². The van der Waals surface area contributed by atoms with Gasteiger partial charge in [-0.2, -0.15) is 0 Å². The van der Waals surface area contributed by atoms with Crippen molar-refractivity contribution in [1.82, 2.24) is 24.7 Å². The molecule has 31 heavy (non-hydrogen) atoms. The molecule has 2 aromatic heterocycles. The molecule has 0 spiro atoms. The van der Waals surface area contributed by atoms with Crippen molar-refractivity contribution in [3.05, 3.63) is 75.6 Å². The standard InChI is InChI=1S/C22H20ClN5O2S/c1-13(20-24-17-8-4-2-6-15(17)21(29)25-20)31-22-27-26-19(28(22)14-10-11-14)12-30-18-9-5-3-7-16(18)23/h2-9,13-14H,10-12H2,1H3,(H,24,25,29).